The number of rotatable bonds is 6. The second-order valence-corrected chi connectivity index (χ2v) is 18.0. The van der Waals surface area contributed by atoms with Crippen LogP contribution in [0.5, 0.6) is 0 Å². The van der Waals surface area contributed by atoms with E-state index in [0.717, 1.165) is 72.2 Å². The van der Waals surface area contributed by atoms with Gasteiger partial charge in [0.15, 0.2) is 17.5 Å². The van der Waals surface area contributed by atoms with E-state index in [4.69, 9.17) is 19.4 Å². The Morgan fingerprint density at radius 1 is 0.243 bits per heavy atom. The van der Waals surface area contributed by atoms with Crippen LogP contribution in [-0.4, -0.2) is 28.7 Å². The molecule has 0 spiro atoms. The summed E-state index contributed by atoms with van der Waals surface area (Å²) in [5.41, 5.74) is 14.7. The number of benzene rings is 10. The number of para-hydroxylation sites is 4. The molecule has 0 unspecified atom stereocenters. The average Bonchev–Trinajstić information content (AvgIpc) is 4.17. The molecule has 70 heavy (non-hydrogen) atoms. The van der Waals surface area contributed by atoms with Gasteiger partial charge in [0.2, 0.25) is 0 Å². The van der Waals surface area contributed by atoms with Gasteiger partial charge >= 0.3 is 0 Å². The van der Waals surface area contributed by atoms with Crippen LogP contribution < -0.4 is 0 Å². The lowest BCUT2D eigenvalue weighted by atomic mass is 10.1. The van der Waals surface area contributed by atoms with Crippen molar-refractivity contribution in [1.29, 1.82) is 0 Å². The van der Waals surface area contributed by atoms with E-state index in [9.17, 15) is 0 Å². The molecule has 5 aromatic heterocycles. The summed E-state index contributed by atoms with van der Waals surface area (Å²) >= 11 is 0. The maximum absolute atomic E-state index is 6.50. The van der Waals surface area contributed by atoms with Crippen LogP contribution in [0.2, 0.25) is 0 Å². The number of hydrogen-bond acceptors (Lipinski definition) is 4. The molecule has 326 valence electrons. The molecule has 0 aliphatic rings. The van der Waals surface area contributed by atoms with Crippen LogP contribution in [0.15, 0.2) is 235 Å². The van der Waals surface area contributed by atoms with Gasteiger partial charge in [-0.15, -0.1) is 0 Å². The van der Waals surface area contributed by atoms with Crippen molar-refractivity contribution in [1.82, 2.24) is 28.7 Å². The van der Waals surface area contributed by atoms with Gasteiger partial charge in [-0.1, -0.05) is 133 Å². The first kappa shape index (κ1) is 38.5. The predicted molar refractivity (Wildman–Crippen MR) is 286 cm³/mol. The summed E-state index contributed by atoms with van der Waals surface area (Å²) in [6, 6.07) is 81.6. The van der Waals surface area contributed by atoms with E-state index in [1.165, 1.54) is 48.9 Å². The van der Waals surface area contributed by atoms with Crippen molar-refractivity contribution < 1.29 is 4.42 Å². The molecule has 0 N–H and O–H groups in total. The third kappa shape index (κ3) is 5.79. The molecule has 0 saturated heterocycles. The maximum atomic E-state index is 6.50. The summed E-state index contributed by atoms with van der Waals surface area (Å²) in [4.78, 5) is 15.0. The zero-order valence-electron chi connectivity index (χ0n) is 37.5. The number of furan rings is 1. The zero-order valence-corrected chi connectivity index (χ0v) is 37.5. The Balaban J connectivity index is 0.872. The largest absolute Gasteiger partial charge is 0.456 e. The van der Waals surface area contributed by atoms with Crippen LogP contribution >= 0.6 is 0 Å². The van der Waals surface area contributed by atoms with Crippen LogP contribution in [0, 0.1) is 0 Å². The summed E-state index contributed by atoms with van der Waals surface area (Å²) in [7, 11) is 0. The number of fused-ring (bicyclic) bond motifs is 12. The summed E-state index contributed by atoms with van der Waals surface area (Å²) < 4.78 is 13.7. The van der Waals surface area contributed by atoms with Crippen molar-refractivity contribution in [3.63, 3.8) is 0 Å². The fourth-order valence-electron chi connectivity index (χ4n) is 10.9. The number of aromatic nitrogens is 6. The zero-order chi connectivity index (χ0) is 45.9. The van der Waals surface area contributed by atoms with Gasteiger partial charge in [0, 0.05) is 76.8 Å². The topological polar surface area (TPSA) is 66.6 Å². The highest BCUT2D eigenvalue weighted by Crippen LogP contribution is 2.41. The normalized spacial score (nSPS) is 12.0. The average molecular weight is 895 g/mol. The molecule has 15 aromatic rings. The summed E-state index contributed by atoms with van der Waals surface area (Å²) in [6.07, 6.45) is 0. The third-order valence-corrected chi connectivity index (χ3v) is 14.1. The molecule has 5 heterocycles. The lowest BCUT2D eigenvalue weighted by Crippen LogP contribution is -2.00. The summed E-state index contributed by atoms with van der Waals surface area (Å²) in [5, 5.41) is 9.32. The molecular weight excluding hydrogens is 857 g/mol. The van der Waals surface area contributed by atoms with Crippen molar-refractivity contribution in [3.8, 4) is 51.2 Å². The van der Waals surface area contributed by atoms with Crippen molar-refractivity contribution in [3.05, 3.63) is 231 Å². The molecule has 7 nitrogen and oxygen atoms in total. The van der Waals surface area contributed by atoms with Crippen LogP contribution in [0.4, 0.5) is 0 Å². The highest BCUT2D eigenvalue weighted by molar-refractivity contribution is 6.14. The Kier molecular flexibility index (Phi) is 8.23. The summed E-state index contributed by atoms with van der Waals surface area (Å²) in [5.74, 6) is 1.85. The van der Waals surface area contributed by atoms with Crippen molar-refractivity contribution >= 4 is 87.4 Å². The fourth-order valence-corrected chi connectivity index (χ4v) is 10.9. The molecule has 0 radical (unpaired) electrons. The van der Waals surface area contributed by atoms with Gasteiger partial charge in [0.25, 0.3) is 0 Å². The van der Waals surface area contributed by atoms with Crippen LogP contribution in [0.1, 0.15) is 0 Å². The minimum Gasteiger partial charge on any atom is -0.456 e. The molecule has 0 aliphatic carbocycles. The highest BCUT2D eigenvalue weighted by atomic mass is 16.3. The van der Waals surface area contributed by atoms with E-state index in [1.807, 2.05) is 72.8 Å². The number of nitrogens with zero attached hydrogens (tertiary/aromatic N) is 6. The molecular formula is C63H38N6O. The minimum absolute atomic E-state index is 0.602. The van der Waals surface area contributed by atoms with Crippen molar-refractivity contribution in [2.75, 3.05) is 0 Å². The first-order valence-corrected chi connectivity index (χ1v) is 23.6. The minimum atomic E-state index is 0.602. The lowest BCUT2D eigenvalue weighted by molar-refractivity contribution is 0.669. The molecule has 0 aliphatic heterocycles. The molecule has 0 fully saturated rings. The lowest BCUT2D eigenvalue weighted by Gasteiger charge is -2.11. The maximum Gasteiger partial charge on any atom is 0.164 e. The van der Waals surface area contributed by atoms with E-state index >= 15 is 0 Å². The van der Waals surface area contributed by atoms with Gasteiger partial charge in [-0.2, -0.15) is 0 Å². The van der Waals surface area contributed by atoms with E-state index in [0.29, 0.717) is 17.5 Å². The Labute approximate surface area is 400 Å². The van der Waals surface area contributed by atoms with Crippen LogP contribution in [-0.2, 0) is 0 Å². The Morgan fingerprint density at radius 3 is 1.03 bits per heavy atom. The van der Waals surface area contributed by atoms with Gasteiger partial charge in [-0.05, 0) is 97.1 Å². The SMILES string of the molecule is c1ccc(-c2nc(-c3ccccc3)nc(-c3ccc4oc5ccc(-n6c7ccccc7c7cc(-n8c9ccccc9c9cc(-n%10c%11ccccc%11c%11ccccc%11%10)ccc98)ccc76)cc5c4c3)n2)cc1. The van der Waals surface area contributed by atoms with Crippen molar-refractivity contribution in [2.45, 2.75) is 0 Å². The van der Waals surface area contributed by atoms with Gasteiger partial charge in [0.1, 0.15) is 11.2 Å². The molecule has 0 bridgehead atoms. The number of hydrogen-bond donors (Lipinski definition) is 0. The van der Waals surface area contributed by atoms with Gasteiger partial charge in [-0.25, -0.2) is 15.0 Å². The fraction of sp³-hybridized carbons (Fsp3) is 0. The molecule has 10 aromatic carbocycles. The van der Waals surface area contributed by atoms with Crippen molar-refractivity contribution in [2.24, 2.45) is 0 Å². The monoisotopic (exact) mass is 894 g/mol. The van der Waals surface area contributed by atoms with Gasteiger partial charge < -0.3 is 18.1 Å². The smallest absolute Gasteiger partial charge is 0.164 e. The Morgan fingerprint density at radius 2 is 0.571 bits per heavy atom. The Bertz CT molecular complexity index is 4490. The first-order valence-electron chi connectivity index (χ1n) is 23.6. The van der Waals surface area contributed by atoms with E-state index in [-0.39, 0.29) is 0 Å². The predicted octanol–water partition coefficient (Wildman–Crippen LogP) is 16.1. The standard InChI is InChI=1S/C63H38N6O/c1-3-15-39(16-4-1)61-64-62(40-17-5-2-6-18-40)66-63(65-61)41-27-33-59-51(35-41)52-38-44(30-34-60(52)70-59)69-56-26-14-10-22-48(56)50-37-43(29-32-58(50)69)68-55-25-13-9-21-47(55)49-36-42(28-31-57(49)68)67-53-23-11-7-19-45(53)46-20-8-12-24-54(46)67/h1-38H. The van der Waals surface area contributed by atoms with Crippen LogP contribution in [0.25, 0.3) is 139 Å². The molecule has 0 atom stereocenters. The van der Waals surface area contributed by atoms with E-state index in [2.05, 4.69) is 171 Å². The van der Waals surface area contributed by atoms with E-state index in [1.54, 1.807) is 0 Å². The van der Waals surface area contributed by atoms with Crippen LogP contribution in [0.3, 0.4) is 0 Å². The highest BCUT2D eigenvalue weighted by Gasteiger charge is 2.20. The van der Waals surface area contributed by atoms with Gasteiger partial charge in [-0.3, -0.25) is 0 Å². The first-order chi connectivity index (χ1) is 34.7. The quantitative estimate of drug-likeness (QED) is 0.167. The molecule has 7 heteroatoms. The summed E-state index contributed by atoms with van der Waals surface area (Å²) in [6.45, 7) is 0. The second-order valence-electron chi connectivity index (χ2n) is 18.0. The third-order valence-electron chi connectivity index (χ3n) is 14.1. The Hall–Kier alpha value is -9.59. The second kappa shape index (κ2) is 15.0. The molecule has 15 rings (SSSR count). The molecule has 0 amide bonds. The van der Waals surface area contributed by atoms with E-state index < -0.39 is 0 Å². The van der Waals surface area contributed by atoms with Gasteiger partial charge in [0.05, 0.1) is 33.1 Å². The molecule has 0 saturated carbocycles.